The summed E-state index contributed by atoms with van der Waals surface area (Å²) >= 11 is 0. The van der Waals surface area contributed by atoms with Crippen LogP contribution in [0.1, 0.15) is 55.1 Å². The van der Waals surface area contributed by atoms with E-state index < -0.39 is 0 Å². The first kappa shape index (κ1) is 18.7. The van der Waals surface area contributed by atoms with E-state index in [9.17, 15) is 9.59 Å². The van der Waals surface area contributed by atoms with Crippen LogP contribution in [-0.4, -0.2) is 47.3 Å². The van der Waals surface area contributed by atoms with Gasteiger partial charge in [-0.3, -0.25) is 14.3 Å². The zero-order valence-electron chi connectivity index (χ0n) is 13.8. The number of carbonyl (C=O) groups excluding carboxylic acids is 2. The van der Waals surface area contributed by atoms with Crippen molar-refractivity contribution in [1.29, 1.82) is 0 Å². The normalized spacial score (nSPS) is 20.1. The lowest BCUT2D eigenvalue weighted by atomic mass is 10.1. The number of amides is 2. The molecule has 1 aromatic rings. The highest BCUT2D eigenvalue weighted by Gasteiger charge is 2.22. The second-order valence-corrected chi connectivity index (χ2v) is 6.38. The van der Waals surface area contributed by atoms with Crippen molar-refractivity contribution < 1.29 is 9.59 Å². The van der Waals surface area contributed by atoms with Crippen molar-refractivity contribution in [2.75, 3.05) is 19.6 Å². The summed E-state index contributed by atoms with van der Waals surface area (Å²) in [5, 5.41) is 13.5. The van der Waals surface area contributed by atoms with Gasteiger partial charge in [0.15, 0.2) is 0 Å². The molecule has 1 aliphatic heterocycles. The van der Waals surface area contributed by atoms with Gasteiger partial charge in [0.05, 0.1) is 6.04 Å². The van der Waals surface area contributed by atoms with E-state index in [1.165, 1.54) is 0 Å². The van der Waals surface area contributed by atoms with E-state index in [0.717, 1.165) is 38.8 Å². The third kappa shape index (κ3) is 5.49. The lowest BCUT2D eigenvalue weighted by Gasteiger charge is -2.22. The van der Waals surface area contributed by atoms with Crippen molar-refractivity contribution >= 4 is 24.2 Å². The Hall–Kier alpha value is -1.60. The summed E-state index contributed by atoms with van der Waals surface area (Å²) in [5.74, 6) is -0.0917. The molecule has 134 valence electrons. The Morgan fingerprint density at radius 3 is 2.88 bits per heavy atom. The maximum Gasteiger partial charge on any atom is 0.271 e. The largest absolute Gasteiger partial charge is 0.353 e. The number of rotatable bonds is 7. The van der Waals surface area contributed by atoms with E-state index >= 15 is 0 Å². The molecule has 1 atom stereocenters. The Balaban J connectivity index is 0.00000208. The molecule has 3 N–H and O–H groups in total. The highest BCUT2D eigenvalue weighted by Crippen LogP contribution is 2.18. The van der Waals surface area contributed by atoms with Crippen molar-refractivity contribution in [1.82, 2.24) is 25.7 Å². The molecule has 1 aromatic heterocycles. The molecule has 2 aliphatic rings. The van der Waals surface area contributed by atoms with Gasteiger partial charge in [0.1, 0.15) is 5.69 Å². The molecule has 0 radical (unpaired) electrons. The molecule has 1 aliphatic carbocycles. The van der Waals surface area contributed by atoms with E-state index in [1.807, 2.05) is 10.9 Å². The van der Waals surface area contributed by atoms with Gasteiger partial charge in [0.2, 0.25) is 5.91 Å². The Labute approximate surface area is 148 Å². The van der Waals surface area contributed by atoms with Gasteiger partial charge in [-0.25, -0.2) is 0 Å². The zero-order valence-corrected chi connectivity index (χ0v) is 14.6. The third-order valence-electron chi connectivity index (χ3n) is 4.29. The molecule has 7 nitrogen and oxygen atoms in total. The molecule has 1 saturated carbocycles. The van der Waals surface area contributed by atoms with Crippen LogP contribution in [0.2, 0.25) is 0 Å². The lowest BCUT2D eigenvalue weighted by molar-refractivity contribution is -0.121. The number of carbonyl (C=O) groups is 2. The topological polar surface area (TPSA) is 88.1 Å². The van der Waals surface area contributed by atoms with Crippen LogP contribution in [0.4, 0.5) is 0 Å². The molecule has 24 heavy (non-hydrogen) atoms. The van der Waals surface area contributed by atoms with Crippen LogP contribution in [0.5, 0.6) is 0 Å². The molecule has 0 bridgehead atoms. The molecule has 1 unspecified atom stereocenters. The van der Waals surface area contributed by atoms with E-state index in [-0.39, 0.29) is 24.2 Å². The van der Waals surface area contributed by atoms with Crippen LogP contribution in [0.3, 0.4) is 0 Å². The predicted molar refractivity (Wildman–Crippen MR) is 93.3 cm³/mol. The van der Waals surface area contributed by atoms with Crippen LogP contribution in [0.25, 0.3) is 0 Å². The minimum Gasteiger partial charge on any atom is -0.353 e. The van der Waals surface area contributed by atoms with Gasteiger partial charge in [0.25, 0.3) is 5.91 Å². The molecule has 2 amide bonds. The van der Waals surface area contributed by atoms with Crippen molar-refractivity contribution in [2.24, 2.45) is 0 Å². The van der Waals surface area contributed by atoms with Gasteiger partial charge >= 0.3 is 0 Å². The fourth-order valence-corrected chi connectivity index (χ4v) is 2.79. The van der Waals surface area contributed by atoms with E-state index in [0.29, 0.717) is 37.2 Å². The Morgan fingerprint density at radius 1 is 1.33 bits per heavy atom. The van der Waals surface area contributed by atoms with Crippen LogP contribution < -0.4 is 16.0 Å². The van der Waals surface area contributed by atoms with Gasteiger partial charge in [-0.05, 0) is 44.7 Å². The summed E-state index contributed by atoms with van der Waals surface area (Å²) in [6.45, 7) is 2.45. The monoisotopic (exact) mass is 355 g/mol. The molecule has 1 saturated heterocycles. The highest BCUT2D eigenvalue weighted by atomic mass is 35.5. The first-order valence-corrected chi connectivity index (χ1v) is 8.56. The summed E-state index contributed by atoms with van der Waals surface area (Å²) < 4.78 is 1.88. The average molecular weight is 356 g/mol. The third-order valence-corrected chi connectivity index (χ3v) is 4.29. The van der Waals surface area contributed by atoms with Gasteiger partial charge in [-0.15, -0.1) is 12.4 Å². The lowest BCUT2D eigenvalue weighted by Crippen LogP contribution is -2.32. The smallest absolute Gasteiger partial charge is 0.271 e. The summed E-state index contributed by atoms with van der Waals surface area (Å²) in [4.78, 5) is 23.6. The standard InChI is InChI=1S/C16H25N5O2.ClH/c22-15(19-12-5-6-12)4-2-9-18-16(23)14-7-10-21(20-14)13-3-1-8-17-11-13;/h7,10,12-13,17H,1-6,8-9,11H2,(H,18,23)(H,19,22);1H. The van der Waals surface area contributed by atoms with Crippen molar-refractivity contribution in [3.05, 3.63) is 18.0 Å². The maximum absolute atomic E-state index is 12.1. The SMILES string of the molecule is Cl.O=C(CCCNC(=O)c1ccn(C2CCCNC2)n1)NC1CC1. The van der Waals surface area contributed by atoms with Gasteiger partial charge < -0.3 is 16.0 Å². The number of hydrogen-bond acceptors (Lipinski definition) is 4. The second-order valence-electron chi connectivity index (χ2n) is 6.38. The minimum absolute atomic E-state index is 0. The Bertz CT molecular complexity index is 552. The van der Waals surface area contributed by atoms with Gasteiger partial charge in [0, 0.05) is 31.7 Å². The molecular formula is C16H26ClN5O2. The molecular weight excluding hydrogens is 330 g/mol. The predicted octanol–water partition coefficient (Wildman–Crippen LogP) is 1.02. The fraction of sp³-hybridized carbons (Fsp3) is 0.688. The first-order valence-electron chi connectivity index (χ1n) is 8.56. The van der Waals surface area contributed by atoms with Gasteiger partial charge in [-0.2, -0.15) is 5.10 Å². The fourth-order valence-electron chi connectivity index (χ4n) is 2.79. The Morgan fingerprint density at radius 2 is 2.17 bits per heavy atom. The quantitative estimate of drug-likeness (QED) is 0.637. The summed E-state index contributed by atoms with van der Waals surface area (Å²) in [6, 6.07) is 2.48. The van der Waals surface area contributed by atoms with Gasteiger partial charge in [-0.1, -0.05) is 0 Å². The summed E-state index contributed by atoms with van der Waals surface area (Å²) in [7, 11) is 0. The zero-order chi connectivity index (χ0) is 16.1. The number of hydrogen-bond donors (Lipinski definition) is 3. The second kappa shape index (κ2) is 9.03. The molecule has 3 rings (SSSR count). The molecule has 2 heterocycles. The highest BCUT2D eigenvalue weighted by molar-refractivity contribution is 5.92. The van der Waals surface area contributed by atoms with Crippen molar-refractivity contribution in [2.45, 2.75) is 50.6 Å². The maximum atomic E-state index is 12.1. The molecule has 0 spiro atoms. The number of nitrogens with one attached hydrogen (secondary N) is 3. The summed E-state index contributed by atoms with van der Waals surface area (Å²) in [5.41, 5.74) is 0.443. The van der Waals surface area contributed by atoms with Crippen LogP contribution in [-0.2, 0) is 4.79 Å². The number of piperidine rings is 1. The van der Waals surface area contributed by atoms with Crippen LogP contribution >= 0.6 is 12.4 Å². The number of nitrogens with zero attached hydrogens (tertiary/aromatic N) is 2. The summed E-state index contributed by atoms with van der Waals surface area (Å²) in [6.07, 6.45) is 7.40. The number of aromatic nitrogens is 2. The van der Waals surface area contributed by atoms with Crippen molar-refractivity contribution in [3.63, 3.8) is 0 Å². The van der Waals surface area contributed by atoms with E-state index in [1.54, 1.807) is 6.07 Å². The number of halogens is 1. The average Bonchev–Trinajstić information content (AvgIpc) is 3.24. The van der Waals surface area contributed by atoms with E-state index in [2.05, 4.69) is 21.0 Å². The molecule has 2 fully saturated rings. The molecule has 0 aromatic carbocycles. The Kier molecular flexibility index (Phi) is 7.05. The molecule has 8 heteroatoms. The van der Waals surface area contributed by atoms with E-state index in [4.69, 9.17) is 0 Å². The first-order chi connectivity index (χ1) is 11.2. The van der Waals surface area contributed by atoms with Crippen molar-refractivity contribution in [3.8, 4) is 0 Å². The van der Waals surface area contributed by atoms with Crippen LogP contribution in [0.15, 0.2) is 12.3 Å². The van der Waals surface area contributed by atoms with Crippen LogP contribution in [0, 0.1) is 0 Å². The minimum atomic E-state index is -0.171.